The molecule has 0 bridgehead atoms. The first-order valence-electron chi connectivity index (χ1n) is 14.0. The summed E-state index contributed by atoms with van der Waals surface area (Å²) in [6.45, 7) is 3.15. The molecular formula is C32H36ClNO10S. The lowest BCUT2D eigenvalue weighted by Gasteiger charge is -2.28. The Labute approximate surface area is 264 Å². The number of pyridine rings is 1. The molecule has 0 saturated carbocycles. The second-order valence-electron chi connectivity index (χ2n) is 10.6. The van der Waals surface area contributed by atoms with Crippen molar-refractivity contribution in [2.24, 2.45) is 0 Å². The normalized spacial score (nSPS) is 13.0. The Morgan fingerprint density at radius 2 is 1.31 bits per heavy atom. The minimum atomic E-state index is -4.94. The third-order valence-corrected chi connectivity index (χ3v) is 8.89. The number of nitrogens with zero attached hydrogens (tertiary/aromatic N) is 1. The van der Waals surface area contributed by atoms with Crippen molar-refractivity contribution in [3.05, 3.63) is 89.0 Å². The third-order valence-electron chi connectivity index (χ3n) is 8.01. The van der Waals surface area contributed by atoms with Crippen molar-refractivity contribution in [2.75, 3.05) is 7.11 Å². The first kappa shape index (κ1) is 36.0. The number of hydrogen-bond acceptors (Lipinski definition) is 7. The summed E-state index contributed by atoms with van der Waals surface area (Å²) in [7, 11) is -7.99. The second kappa shape index (κ2) is 14.3. The van der Waals surface area contributed by atoms with Gasteiger partial charge in [0.15, 0.2) is 0 Å². The first-order chi connectivity index (χ1) is 20.4. The van der Waals surface area contributed by atoms with Crippen LogP contribution < -0.4 is 27.9 Å². The highest BCUT2D eigenvalue weighted by Gasteiger charge is 2.37. The van der Waals surface area contributed by atoms with Crippen LogP contribution in [0.15, 0.2) is 71.6 Å². The summed E-state index contributed by atoms with van der Waals surface area (Å²) in [4.78, 5) is -0.199. The average Bonchev–Trinajstić information content (AvgIpc) is 2.97. The molecule has 2 aliphatic rings. The van der Waals surface area contributed by atoms with Crippen LogP contribution in [0.25, 0.3) is 33.6 Å². The highest BCUT2D eigenvalue weighted by molar-refractivity contribution is 7.86. The Kier molecular flexibility index (Phi) is 11.5. The van der Waals surface area contributed by atoms with Crippen LogP contribution in [0.4, 0.5) is 0 Å². The maximum Gasteiger partial charge on any atom is 0.298 e. The molecule has 0 fully saturated rings. The lowest BCUT2D eigenvalue weighted by molar-refractivity contribution is -2.00. The molecule has 3 aromatic carbocycles. The van der Waals surface area contributed by atoms with Crippen LogP contribution in [0, 0.1) is 10.2 Å². The van der Waals surface area contributed by atoms with E-state index in [1.165, 1.54) is 51.9 Å². The van der Waals surface area contributed by atoms with Crippen LogP contribution in [0.5, 0.6) is 5.75 Å². The number of aryl methyl sites for hydroxylation is 2. The average molecular weight is 662 g/mol. The van der Waals surface area contributed by atoms with E-state index in [0.29, 0.717) is 0 Å². The second-order valence-corrected chi connectivity index (χ2v) is 12.7. The number of methoxy groups -OCH3 is 1. The van der Waals surface area contributed by atoms with Crippen molar-refractivity contribution in [3.8, 4) is 39.4 Å². The molecule has 0 amide bonds. The summed E-state index contributed by atoms with van der Waals surface area (Å²) >= 11 is 0. The van der Waals surface area contributed by atoms with Gasteiger partial charge in [-0.05, 0) is 66.6 Å². The Balaban J connectivity index is 0.000000734. The number of fused-ring (bicyclic) bond motifs is 6. The fourth-order valence-electron chi connectivity index (χ4n) is 6.34. The van der Waals surface area contributed by atoms with Gasteiger partial charge in [-0.25, -0.2) is 18.6 Å². The summed E-state index contributed by atoms with van der Waals surface area (Å²) in [5.41, 5.74) is 12.0. The summed E-state index contributed by atoms with van der Waals surface area (Å²) in [6, 6.07) is 22.5. The van der Waals surface area contributed by atoms with Gasteiger partial charge in [0.05, 0.1) is 7.11 Å². The first-order valence-corrected chi connectivity index (χ1v) is 16.7. The molecule has 0 saturated heterocycles. The van der Waals surface area contributed by atoms with Gasteiger partial charge in [0.25, 0.3) is 10.1 Å². The number of ether oxygens (including phenoxy) is 1. The van der Waals surface area contributed by atoms with Gasteiger partial charge in [-0.3, -0.25) is 4.55 Å². The zero-order valence-corrected chi connectivity index (χ0v) is 26.4. The highest BCUT2D eigenvalue weighted by atomic mass is 35.7. The molecule has 0 atom stereocenters. The standard InChI is InChI=1S/C32H31NO4S.ClHO4.2H2O/c1-3-4-19-33-31-24-11-7-5-9-21(24)13-16-26(31)30(23-15-18-28(37-2)29(20-23)38(34,35)36)27-17-14-22-10-6-8-12-25(22)32(27)33;2-1(3,4)5;;/h5-12,15,18,20H,3-4,13-14,16-17,19H2,1-2H3;(H,2,3,4,5);2*1H2. The predicted molar refractivity (Wildman–Crippen MR) is 156 cm³/mol. The fraction of sp³-hybridized carbons (Fsp3) is 0.281. The number of aromatic nitrogens is 1. The van der Waals surface area contributed by atoms with Crippen molar-refractivity contribution in [1.29, 1.82) is 0 Å². The van der Waals surface area contributed by atoms with Gasteiger partial charge in [0.1, 0.15) is 17.2 Å². The van der Waals surface area contributed by atoms with E-state index in [9.17, 15) is 13.0 Å². The van der Waals surface area contributed by atoms with E-state index < -0.39 is 20.4 Å². The van der Waals surface area contributed by atoms with Crippen LogP contribution in [0.1, 0.15) is 42.0 Å². The summed E-state index contributed by atoms with van der Waals surface area (Å²) in [5, 5.41) is 0. The van der Waals surface area contributed by atoms with Gasteiger partial charge in [0, 0.05) is 34.2 Å². The maximum atomic E-state index is 12.3. The van der Waals surface area contributed by atoms with Gasteiger partial charge in [-0.1, -0.05) is 55.8 Å². The molecule has 0 radical (unpaired) electrons. The minimum Gasteiger partial charge on any atom is -0.495 e. The van der Waals surface area contributed by atoms with Crippen LogP contribution >= 0.6 is 0 Å². The topological polar surface area (TPSA) is 223 Å². The lowest BCUT2D eigenvalue weighted by atomic mass is 9.77. The van der Waals surface area contributed by atoms with Crippen LogP contribution in [-0.4, -0.2) is 31.0 Å². The molecule has 0 spiro atoms. The summed E-state index contributed by atoms with van der Waals surface area (Å²) in [6.07, 6.45) is 5.77. The minimum absolute atomic E-state index is 0. The van der Waals surface area contributed by atoms with Crippen LogP contribution in [0.3, 0.4) is 0 Å². The van der Waals surface area contributed by atoms with E-state index in [4.69, 9.17) is 23.4 Å². The van der Waals surface area contributed by atoms with Crippen molar-refractivity contribution in [2.45, 2.75) is 56.9 Å². The molecular weight excluding hydrogens is 626 g/mol. The molecule has 11 nitrogen and oxygen atoms in total. The molecule has 45 heavy (non-hydrogen) atoms. The zero-order chi connectivity index (χ0) is 30.9. The van der Waals surface area contributed by atoms with E-state index in [1.54, 1.807) is 12.1 Å². The van der Waals surface area contributed by atoms with Crippen molar-refractivity contribution in [1.82, 2.24) is 0 Å². The molecule has 5 N–H and O–H groups in total. The molecule has 13 heteroatoms. The van der Waals surface area contributed by atoms with E-state index in [2.05, 4.69) is 60.0 Å². The molecule has 0 unspecified atom stereocenters. The van der Waals surface area contributed by atoms with Gasteiger partial charge in [-0.2, -0.15) is 13.0 Å². The predicted octanol–water partition coefficient (Wildman–Crippen LogP) is -0.178. The third kappa shape index (κ3) is 7.52. The molecule has 0 aliphatic heterocycles. The maximum absolute atomic E-state index is 12.3. The lowest BCUT2D eigenvalue weighted by Crippen LogP contribution is -2.68. The van der Waals surface area contributed by atoms with Crippen molar-refractivity contribution < 1.29 is 62.1 Å². The highest BCUT2D eigenvalue weighted by Crippen LogP contribution is 2.45. The molecule has 1 heterocycles. The van der Waals surface area contributed by atoms with E-state index in [0.717, 1.165) is 56.2 Å². The van der Waals surface area contributed by atoms with Gasteiger partial charge in [0.2, 0.25) is 11.4 Å². The number of hydrogen-bond donors (Lipinski definition) is 1. The number of benzene rings is 3. The fourth-order valence-corrected chi connectivity index (χ4v) is 7.02. The Morgan fingerprint density at radius 1 is 0.822 bits per heavy atom. The molecule has 2 aliphatic carbocycles. The summed E-state index contributed by atoms with van der Waals surface area (Å²) in [5.74, 6) is 0.142. The van der Waals surface area contributed by atoms with Gasteiger partial charge < -0.3 is 15.7 Å². The summed E-state index contributed by atoms with van der Waals surface area (Å²) < 4.78 is 76.5. The van der Waals surface area contributed by atoms with Crippen molar-refractivity contribution >= 4 is 10.1 Å². The molecule has 4 aromatic rings. The Bertz CT molecular complexity index is 1710. The quantitative estimate of drug-likeness (QED) is 0.215. The smallest absolute Gasteiger partial charge is 0.298 e. The zero-order valence-electron chi connectivity index (χ0n) is 24.8. The molecule has 6 rings (SSSR count). The Hall–Kier alpha value is -3.43. The van der Waals surface area contributed by atoms with E-state index >= 15 is 0 Å². The monoisotopic (exact) mass is 661 g/mol. The molecule has 1 aromatic heterocycles. The van der Waals surface area contributed by atoms with Crippen molar-refractivity contribution in [3.63, 3.8) is 0 Å². The van der Waals surface area contributed by atoms with Crippen LogP contribution in [0.2, 0.25) is 0 Å². The van der Waals surface area contributed by atoms with E-state index in [-0.39, 0.29) is 21.6 Å². The Morgan fingerprint density at radius 3 is 1.76 bits per heavy atom. The molecule has 242 valence electrons. The number of rotatable bonds is 6. The largest absolute Gasteiger partial charge is 0.495 e. The van der Waals surface area contributed by atoms with Gasteiger partial charge in [-0.15, -0.1) is 10.2 Å². The van der Waals surface area contributed by atoms with E-state index in [1.807, 2.05) is 6.07 Å². The van der Waals surface area contributed by atoms with Gasteiger partial charge >= 0.3 is 0 Å². The SMILES string of the molecule is CCCC[n+]1c2c(c(-c3ccc(OC)c(S(=O)(=O)O)c3)c3c1-c1ccccc1CC3)CCc1ccccc1-2.O.O.[O-][Cl+3]([O-])([O-])[O-]. The van der Waals surface area contributed by atoms with Crippen LogP contribution in [-0.2, 0) is 42.3 Å². The number of halogens is 1. The number of unbranched alkanes of at least 4 members (excludes halogenated alkanes) is 1.